The van der Waals surface area contributed by atoms with Crippen LogP contribution in [0.5, 0.6) is 0 Å². The quantitative estimate of drug-likeness (QED) is 0.857. The third kappa shape index (κ3) is 2.48. The molecule has 2 rings (SSSR count). The molecule has 0 aliphatic heterocycles. The number of anilines is 1. The van der Waals surface area contributed by atoms with Crippen molar-refractivity contribution in [3.05, 3.63) is 29.8 Å². The molecule has 0 bridgehead atoms. The second kappa shape index (κ2) is 4.28. The van der Waals surface area contributed by atoms with Gasteiger partial charge in [-0.05, 0) is 37.0 Å². The maximum absolute atomic E-state index is 12.0. The van der Waals surface area contributed by atoms with Crippen LogP contribution in [0.25, 0.3) is 0 Å². The first-order valence-electron chi connectivity index (χ1n) is 5.52. The number of hydrogen-bond donors (Lipinski definition) is 2. The average Bonchev–Trinajstić information content (AvgIpc) is 2.25. The maximum atomic E-state index is 12.0. The van der Waals surface area contributed by atoms with Crippen molar-refractivity contribution in [2.75, 3.05) is 5.32 Å². The molecule has 0 atom stereocenters. The topological polar surface area (TPSA) is 49.3 Å². The molecule has 0 radical (unpaired) electrons. The van der Waals surface area contributed by atoms with Crippen molar-refractivity contribution in [3.63, 3.8) is 0 Å². The van der Waals surface area contributed by atoms with Gasteiger partial charge < -0.3 is 10.4 Å². The van der Waals surface area contributed by atoms with Crippen LogP contribution in [-0.2, 0) is 10.4 Å². The Hall–Kier alpha value is -1.56. The lowest BCUT2D eigenvalue weighted by Gasteiger charge is -2.37. The first-order chi connectivity index (χ1) is 8.31. The summed E-state index contributed by atoms with van der Waals surface area (Å²) in [6.45, 7) is 0. The number of rotatable bonds is 2. The Balaban J connectivity index is 2.06. The van der Waals surface area contributed by atoms with Gasteiger partial charge in [-0.15, -0.1) is 0 Å². The van der Waals surface area contributed by atoms with Crippen LogP contribution in [0.2, 0.25) is 0 Å². The smallest absolute Gasteiger partial charge is 0.385 e. The SMILES string of the molecule is O=C(Nc1ccc(C2(O)CCC2)cc1)C(F)(F)F. The first-order valence-corrected chi connectivity index (χ1v) is 5.52. The van der Waals surface area contributed by atoms with E-state index in [-0.39, 0.29) is 5.69 Å². The minimum absolute atomic E-state index is 0.0593. The molecule has 1 aromatic rings. The molecule has 1 aliphatic rings. The summed E-state index contributed by atoms with van der Waals surface area (Å²) < 4.78 is 36.0. The highest BCUT2D eigenvalue weighted by Crippen LogP contribution is 2.41. The van der Waals surface area contributed by atoms with Crippen LogP contribution in [0.3, 0.4) is 0 Å². The van der Waals surface area contributed by atoms with Crippen molar-refractivity contribution in [3.8, 4) is 0 Å². The monoisotopic (exact) mass is 259 g/mol. The summed E-state index contributed by atoms with van der Waals surface area (Å²) in [4.78, 5) is 10.7. The predicted octanol–water partition coefficient (Wildman–Crippen LogP) is 2.56. The van der Waals surface area contributed by atoms with E-state index in [0.29, 0.717) is 18.4 Å². The molecule has 3 nitrogen and oxygen atoms in total. The Morgan fingerprint density at radius 1 is 1.22 bits per heavy atom. The van der Waals surface area contributed by atoms with E-state index in [0.717, 1.165) is 6.42 Å². The summed E-state index contributed by atoms with van der Waals surface area (Å²) in [7, 11) is 0. The normalized spacial score (nSPS) is 18.0. The number of amides is 1. The van der Waals surface area contributed by atoms with Crippen LogP contribution >= 0.6 is 0 Å². The number of halogens is 3. The van der Waals surface area contributed by atoms with E-state index in [1.54, 1.807) is 5.32 Å². The Morgan fingerprint density at radius 2 is 1.78 bits per heavy atom. The van der Waals surface area contributed by atoms with E-state index in [9.17, 15) is 23.1 Å². The molecule has 1 aliphatic carbocycles. The molecule has 0 heterocycles. The lowest BCUT2D eigenvalue weighted by atomic mass is 9.75. The van der Waals surface area contributed by atoms with Gasteiger partial charge >= 0.3 is 12.1 Å². The highest BCUT2D eigenvalue weighted by atomic mass is 19.4. The van der Waals surface area contributed by atoms with E-state index in [4.69, 9.17) is 0 Å². The van der Waals surface area contributed by atoms with Crippen LogP contribution in [0.1, 0.15) is 24.8 Å². The van der Waals surface area contributed by atoms with Crippen molar-refractivity contribution in [2.45, 2.75) is 31.0 Å². The number of nitrogens with one attached hydrogen (secondary N) is 1. The van der Waals surface area contributed by atoms with Gasteiger partial charge in [0.15, 0.2) is 0 Å². The van der Waals surface area contributed by atoms with E-state index in [2.05, 4.69) is 0 Å². The number of carbonyl (C=O) groups excluding carboxylic acids is 1. The third-order valence-corrected chi connectivity index (χ3v) is 3.12. The maximum Gasteiger partial charge on any atom is 0.471 e. The lowest BCUT2D eigenvalue weighted by Crippen LogP contribution is -2.33. The van der Waals surface area contributed by atoms with Gasteiger partial charge in [-0.1, -0.05) is 12.1 Å². The molecule has 1 aromatic carbocycles. The van der Waals surface area contributed by atoms with Crippen molar-refractivity contribution in [2.24, 2.45) is 0 Å². The second-order valence-corrected chi connectivity index (χ2v) is 4.41. The largest absolute Gasteiger partial charge is 0.471 e. The summed E-state index contributed by atoms with van der Waals surface area (Å²) in [5.74, 6) is -2.00. The highest BCUT2D eigenvalue weighted by molar-refractivity contribution is 5.94. The van der Waals surface area contributed by atoms with Gasteiger partial charge in [-0.25, -0.2) is 0 Å². The first kappa shape index (κ1) is 12.9. The molecule has 0 aromatic heterocycles. The number of alkyl halides is 3. The molecule has 1 amide bonds. The van der Waals surface area contributed by atoms with E-state index in [1.165, 1.54) is 24.3 Å². The Kier molecular flexibility index (Phi) is 3.06. The van der Waals surface area contributed by atoms with Crippen molar-refractivity contribution < 1.29 is 23.1 Å². The average molecular weight is 259 g/mol. The fourth-order valence-corrected chi connectivity index (χ4v) is 1.87. The summed E-state index contributed by atoms with van der Waals surface area (Å²) in [6, 6.07) is 5.78. The zero-order chi connectivity index (χ0) is 13.4. The molecule has 2 N–H and O–H groups in total. The fraction of sp³-hybridized carbons (Fsp3) is 0.417. The second-order valence-electron chi connectivity index (χ2n) is 4.41. The standard InChI is InChI=1S/C12H12F3NO2/c13-12(14,15)10(17)16-9-4-2-8(3-5-9)11(18)6-1-7-11/h2-5,18H,1,6-7H2,(H,16,17). The minimum atomic E-state index is -4.90. The van der Waals surface area contributed by atoms with E-state index >= 15 is 0 Å². The van der Waals surface area contributed by atoms with Gasteiger partial charge in [0.25, 0.3) is 0 Å². The molecule has 98 valence electrons. The summed E-state index contributed by atoms with van der Waals surface area (Å²) in [6.07, 6.45) is -2.66. The number of carbonyl (C=O) groups is 1. The predicted molar refractivity (Wildman–Crippen MR) is 58.9 cm³/mol. The minimum Gasteiger partial charge on any atom is -0.385 e. The molecular formula is C12H12F3NO2. The zero-order valence-electron chi connectivity index (χ0n) is 9.42. The molecule has 0 unspecified atom stereocenters. The fourth-order valence-electron chi connectivity index (χ4n) is 1.87. The van der Waals surface area contributed by atoms with E-state index < -0.39 is 17.7 Å². The number of aliphatic hydroxyl groups is 1. The molecule has 6 heteroatoms. The van der Waals surface area contributed by atoms with Crippen LogP contribution in [0.4, 0.5) is 18.9 Å². The molecule has 18 heavy (non-hydrogen) atoms. The lowest BCUT2D eigenvalue weighted by molar-refractivity contribution is -0.167. The van der Waals surface area contributed by atoms with Gasteiger partial charge in [0.1, 0.15) is 0 Å². The van der Waals surface area contributed by atoms with Crippen molar-refractivity contribution in [1.82, 2.24) is 0 Å². The molecule has 1 saturated carbocycles. The molecule has 0 spiro atoms. The van der Waals surface area contributed by atoms with Gasteiger partial charge in [0.2, 0.25) is 0 Å². The van der Waals surface area contributed by atoms with Crippen LogP contribution < -0.4 is 5.32 Å². The Morgan fingerprint density at radius 3 is 2.17 bits per heavy atom. The van der Waals surface area contributed by atoms with Crippen LogP contribution in [0.15, 0.2) is 24.3 Å². The number of hydrogen-bond acceptors (Lipinski definition) is 2. The zero-order valence-corrected chi connectivity index (χ0v) is 9.42. The van der Waals surface area contributed by atoms with Crippen molar-refractivity contribution >= 4 is 11.6 Å². The van der Waals surface area contributed by atoms with Crippen LogP contribution in [-0.4, -0.2) is 17.2 Å². The Labute approximate surface area is 102 Å². The van der Waals surface area contributed by atoms with Crippen molar-refractivity contribution in [1.29, 1.82) is 0 Å². The van der Waals surface area contributed by atoms with Gasteiger partial charge in [0, 0.05) is 5.69 Å². The van der Waals surface area contributed by atoms with E-state index in [1.807, 2.05) is 0 Å². The Bertz CT molecular complexity index is 449. The molecular weight excluding hydrogens is 247 g/mol. The molecule has 0 saturated heterocycles. The van der Waals surface area contributed by atoms with Gasteiger partial charge in [0.05, 0.1) is 5.60 Å². The summed E-state index contributed by atoms with van der Waals surface area (Å²) in [5, 5.41) is 11.8. The molecule has 1 fully saturated rings. The van der Waals surface area contributed by atoms with Crippen LogP contribution in [0, 0.1) is 0 Å². The van der Waals surface area contributed by atoms with Gasteiger partial charge in [-0.2, -0.15) is 13.2 Å². The highest BCUT2D eigenvalue weighted by Gasteiger charge is 2.39. The summed E-state index contributed by atoms with van der Waals surface area (Å²) in [5.41, 5.74) is -0.130. The number of benzene rings is 1. The third-order valence-electron chi connectivity index (χ3n) is 3.12. The summed E-state index contributed by atoms with van der Waals surface area (Å²) >= 11 is 0. The van der Waals surface area contributed by atoms with Gasteiger partial charge in [-0.3, -0.25) is 4.79 Å².